The Hall–Kier alpha value is -1.39. The van der Waals surface area contributed by atoms with E-state index in [4.69, 9.17) is 27.9 Å². The molecule has 0 aliphatic carbocycles. The molecular formula is C10H8Cl2N2O2. The van der Waals surface area contributed by atoms with Gasteiger partial charge < -0.3 is 15.6 Å². The molecule has 0 bridgehead atoms. The molecule has 0 fully saturated rings. The normalized spacial score (nSPS) is 14.4. The SMILES string of the molecule is O=C1C=C(NNc2ccc(Cl)c(Cl)c2)CO1. The van der Waals surface area contributed by atoms with Crippen molar-refractivity contribution in [3.63, 3.8) is 0 Å². The number of hydrazine groups is 1. The molecule has 2 N–H and O–H groups in total. The highest BCUT2D eigenvalue weighted by Crippen LogP contribution is 2.24. The van der Waals surface area contributed by atoms with Crippen molar-refractivity contribution in [2.24, 2.45) is 0 Å². The second-order valence-corrected chi connectivity index (χ2v) is 3.97. The van der Waals surface area contributed by atoms with E-state index < -0.39 is 0 Å². The molecular weight excluding hydrogens is 251 g/mol. The van der Waals surface area contributed by atoms with Gasteiger partial charge in [-0.2, -0.15) is 0 Å². The van der Waals surface area contributed by atoms with Crippen LogP contribution in [-0.2, 0) is 9.53 Å². The summed E-state index contributed by atoms with van der Waals surface area (Å²) in [5.74, 6) is -0.349. The van der Waals surface area contributed by atoms with Crippen LogP contribution in [0.4, 0.5) is 5.69 Å². The standard InChI is InChI=1S/C10H8Cl2N2O2/c11-8-2-1-6(3-9(8)12)13-14-7-4-10(15)16-5-7/h1-4,13-14H,5H2. The molecule has 84 valence electrons. The number of carbonyl (C=O) groups excluding carboxylic acids is 1. The number of hydrogen-bond donors (Lipinski definition) is 2. The van der Waals surface area contributed by atoms with Gasteiger partial charge in [0.2, 0.25) is 0 Å². The first kappa shape index (κ1) is 11.1. The number of cyclic esters (lactones) is 1. The van der Waals surface area contributed by atoms with Crippen LogP contribution in [0.15, 0.2) is 30.0 Å². The van der Waals surface area contributed by atoms with Gasteiger partial charge in [-0.3, -0.25) is 0 Å². The number of rotatable bonds is 3. The van der Waals surface area contributed by atoms with E-state index in [1.807, 2.05) is 0 Å². The molecule has 1 aromatic rings. The Labute approximate surface area is 102 Å². The van der Waals surface area contributed by atoms with E-state index in [2.05, 4.69) is 10.9 Å². The Balaban J connectivity index is 1.97. The van der Waals surface area contributed by atoms with Gasteiger partial charge >= 0.3 is 5.97 Å². The highest BCUT2D eigenvalue weighted by atomic mass is 35.5. The summed E-state index contributed by atoms with van der Waals surface area (Å²) in [5, 5.41) is 0.951. The van der Waals surface area contributed by atoms with Crippen molar-refractivity contribution in [2.75, 3.05) is 12.0 Å². The molecule has 0 aromatic heterocycles. The number of anilines is 1. The van der Waals surface area contributed by atoms with Crippen molar-refractivity contribution in [3.8, 4) is 0 Å². The Kier molecular flexibility index (Phi) is 3.22. The molecule has 1 aliphatic rings. The van der Waals surface area contributed by atoms with Gasteiger partial charge in [0.15, 0.2) is 0 Å². The van der Waals surface area contributed by atoms with E-state index in [9.17, 15) is 4.79 Å². The van der Waals surface area contributed by atoms with Gasteiger partial charge in [0.1, 0.15) is 6.61 Å². The number of ether oxygens (including phenoxy) is 1. The average molecular weight is 259 g/mol. The minimum absolute atomic E-state index is 0.243. The molecule has 0 amide bonds. The monoisotopic (exact) mass is 258 g/mol. The maximum absolute atomic E-state index is 10.8. The van der Waals surface area contributed by atoms with Gasteiger partial charge in [0.05, 0.1) is 21.4 Å². The van der Waals surface area contributed by atoms with Crippen LogP contribution in [0.25, 0.3) is 0 Å². The molecule has 1 heterocycles. The van der Waals surface area contributed by atoms with Gasteiger partial charge in [-0.05, 0) is 18.2 Å². The van der Waals surface area contributed by atoms with Gasteiger partial charge in [-0.25, -0.2) is 4.79 Å². The number of benzene rings is 1. The molecule has 0 spiro atoms. The van der Waals surface area contributed by atoms with E-state index in [0.29, 0.717) is 15.7 Å². The van der Waals surface area contributed by atoms with E-state index in [1.54, 1.807) is 18.2 Å². The highest BCUT2D eigenvalue weighted by molar-refractivity contribution is 6.42. The fourth-order valence-corrected chi connectivity index (χ4v) is 1.47. The summed E-state index contributed by atoms with van der Waals surface area (Å²) in [6, 6.07) is 5.12. The second-order valence-electron chi connectivity index (χ2n) is 3.16. The third kappa shape index (κ3) is 2.59. The smallest absolute Gasteiger partial charge is 0.333 e. The first-order valence-electron chi connectivity index (χ1n) is 4.49. The summed E-state index contributed by atoms with van der Waals surface area (Å²) in [6.07, 6.45) is 1.38. The Morgan fingerprint density at radius 2 is 2.00 bits per heavy atom. The zero-order valence-corrected chi connectivity index (χ0v) is 9.60. The average Bonchev–Trinajstić information content (AvgIpc) is 2.66. The van der Waals surface area contributed by atoms with E-state index in [1.165, 1.54) is 6.08 Å². The predicted octanol–water partition coefficient (Wildman–Crippen LogP) is 2.35. The number of nitrogens with one attached hydrogen (secondary N) is 2. The van der Waals surface area contributed by atoms with Crippen LogP contribution >= 0.6 is 23.2 Å². The largest absolute Gasteiger partial charge is 0.456 e. The minimum Gasteiger partial charge on any atom is -0.456 e. The van der Waals surface area contributed by atoms with Crippen molar-refractivity contribution in [3.05, 3.63) is 40.0 Å². The van der Waals surface area contributed by atoms with Crippen molar-refractivity contribution in [1.82, 2.24) is 5.43 Å². The van der Waals surface area contributed by atoms with Crippen LogP contribution in [0, 0.1) is 0 Å². The van der Waals surface area contributed by atoms with Crippen LogP contribution in [0.2, 0.25) is 10.0 Å². The summed E-state index contributed by atoms with van der Waals surface area (Å²) in [4.78, 5) is 10.8. The maximum atomic E-state index is 10.8. The topological polar surface area (TPSA) is 50.4 Å². The summed E-state index contributed by atoms with van der Waals surface area (Å²) in [7, 11) is 0. The molecule has 6 heteroatoms. The van der Waals surface area contributed by atoms with Crippen LogP contribution in [-0.4, -0.2) is 12.6 Å². The van der Waals surface area contributed by atoms with Crippen molar-refractivity contribution >= 4 is 34.9 Å². The van der Waals surface area contributed by atoms with E-state index >= 15 is 0 Å². The third-order valence-corrected chi connectivity index (χ3v) is 2.69. The molecule has 0 radical (unpaired) electrons. The van der Waals surface area contributed by atoms with Crippen molar-refractivity contribution in [2.45, 2.75) is 0 Å². The highest BCUT2D eigenvalue weighted by Gasteiger charge is 2.11. The predicted molar refractivity (Wildman–Crippen MR) is 62.3 cm³/mol. The summed E-state index contributed by atoms with van der Waals surface area (Å²) >= 11 is 11.6. The van der Waals surface area contributed by atoms with Crippen LogP contribution in [0.5, 0.6) is 0 Å². The van der Waals surface area contributed by atoms with Crippen LogP contribution in [0.3, 0.4) is 0 Å². The minimum atomic E-state index is -0.349. The molecule has 2 rings (SSSR count). The van der Waals surface area contributed by atoms with Gasteiger partial charge in [-0.1, -0.05) is 23.2 Å². The van der Waals surface area contributed by atoms with Gasteiger partial charge in [-0.15, -0.1) is 0 Å². The molecule has 16 heavy (non-hydrogen) atoms. The van der Waals surface area contributed by atoms with Crippen molar-refractivity contribution < 1.29 is 9.53 Å². The zero-order chi connectivity index (χ0) is 11.5. The number of esters is 1. The lowest BCUT2D eigenvalue weighted by atomic mass is 10.3. The molecule has 4 nitrogen and oxygen atoms in total. The molecule has 1 aliphatic heterocycles. The lowest BCUT2D eigenvalue weighted by molar-refractivity contribution is -0.134. The van der Waals surface area contributed by atoms with Gasteiger partial charge in [0, 0.05) is 6.08 Å². The first-order chi connectivity index (χ1) is 7.65. The van der Waals surface area contributed by atoms with Crippen LogP contribution in [0.1, 0.15) is 0 Å². The Morgan fingerprint density at radius 1 is 1.19 bits per heavy atom. The maximum Gasteiger partial charge on any atom is 0.333 e. The van der Waals surface area contributed by atoms with E-state index in [-0.39, 0.29) is 12.6 Å². The fraction of sp³-hybridized carbons (Fsp3) is 0.100. The van der Waals surface area contributed by atoms with Gasteiger partial charge in [0.25, 0.3) is 0 Å². The molecule has 1 aromatic carbocycles. The van der Waals surface area contributed by atoms with E-state index in [0.717, 1.165) is 5.69 Å². The Bertz CT molecular complexity index is 460. The molecule has 0 unspecified atom stereocenters. The summed E-state index contributed by atoms with van der Waals surface area (Å²) < 4.78 is 4.72. The number of carbonyl (C=O) groups is 1. The number of hydrogen-bond acceptors (Lipinski definition) is 4. The fourth-order valence-electron chi connectivity index (χ4n) is 1.17. The quantitative estimate of drug-likeness (QED) is 0.646. The lowest BCUT2D eigenvalue weighted by Gasteiger charge is -2.09. The molecule has 0 saturated carbocycles. The Morgan fingerprint density at radius 3 is 2.62 bits per heavy atom. The molecule has 0 saturated heterocycles. The summed E-state index contributed by atoms with van der Waals surface area (Å²) in [6.45, 7) is 0.243. The third-order valence-electron chi connectivity index (χ3n) is 1.95. The summed E-state index contributed by atoms with van der Waals surface area (Å²) in [5.41, 5.74) is 7.13. The first-order valence-corrected chi connectivity index (χ1v) is 5.25. The molecule has 0 atom stereocenters. The number of halogens is 2. The zero-order valence-electron chi connectivity index (χ0n) is 8.09. The van der Waals surface area contributed by atoms with Crippen molar-refractivity contribution in [1.29, 1.82) is 0 Å². The second kappa shape index (κ2) is 4.63. The lowest BCUT2D eigenvalue weighted by Crippen LogP contribution is -2.21. The van der Waals surface area contributed by atoms with Crippen LogP contribution < -0.4 is 10.9 Å².